The molecule has 0 N–H and O–H groups in total. The molecular weight excluding hydrogens is 278 g/mol. The molecule has 0 aliphatic heterocycles. The van der Waals surface area contributed by atoms with E-state index in [9.17, 15) is 9.59 Å². The number of rotatable bonds is 8. The standard InChI is InChI=1S/C18H31NO3/c1-14(2)12-17(20)19(13-15(3)18(21)22-4)11-10-16-8-6-5-7-9-16/h8,14-15H,5-7,9-13H2,1-4H3. The fourth-order valence-electron chi connectivity index (χ4n) is 2.81. The van der Waals surface area contributed by atoms with Crippen LogP contribution in [-0.4, -0.2) is 37.0 Å². The van der Waals surface area contributed by atoms with Crippen LogP contribution in [0.25, 0.3) is 0 Å². The zero-order chi connectivity index (χ0) is 16.5. The van der Waals surface area contributed by atoms with Crippen LogP contribution < -0.4 is 0 Å². The van der Waals surface area contributed by atoms with Gasteiger partial charge in [0, 0.05) is 19.5 Å². The molecule has 0 heterocycles. The summed E-state index contributed by atoms with van der Waals surface area (Å²) in [5, 5.41) is 0. The van der Waals surface area contributed by atoms with Gasteiger partial charge in [0.1, 0.15) is 0 Å². The molecule has 1 atom stereocenters. The Morgan fingerprint density at radius 1 is 1.27 bits per heavy atom. The van der Waals surface area contributed by atoms with Crippen LogP contribution in [0.3, 0.4) is 0 Å². The zero-order valence-electron chi connectivity index (χ0n) is 14.6. The second-order valence-corrected chi connectivity index (χ2v) is 6.72. The van der Waals surface area contributed by atoms with Crippen molar-refractivity contribution in [3.63, 3.8) is 0 Å². The molecule has 1 unspecified atom stereocenters. The van der Waals surface area contributed by atoms with Crippen molar-refractivity contribution in [2.24, 2.45) is 11.8 Å². The van der Waals surface area contributed by atoms with Crippen LogP contribution >= 0.6 is 0 Å². The van der Waals surface area contributed by atoms with Crippen molar-refractivity contribution >= 4 is 11.9 Å². The number of amides is 1. The van der Waals surface area contributed by atoms with Crippen LogP contribution in [0.5, 0.6) is 0 Å². The van der Waals surface area contributed by atoms with E-state index in [2.05, 4.69) is 6.08 Å². The van der Waals surface area contributed by atoms with Crippen LogP contribution in [0.2, 0.25) is 0 Å². The van der Waals surface area contributed by atoms with Crippen molar-refractivity contribution in [1.29, 1.82) is 0 Å². The van der Waals surface area contributed by atoms with Crippen LogP contribution in [0.15, 0.2) is 11.6 Å². The molecule has 4 nitrogen and oxygen atoms in total. The average molecular weight is 309 g/mol. The van der Waals surface area contributed by atoms with Crippen LogP contribution in [0.4, 0.5) is 0 Å². The smallest absolute Gasteiger partial charge is 0.310 e. The monoisotopic (exact) mass is 309 g/mol. The van der Waals surface area contributed by atoms with Gasteiger partial charge in [-0.2, -0.15) is 0 Å². The topological polar surface area (TPSA) is 46.6 Å². The lowest BCUT2D eigenvalue weighted by atomic mass is 9.97. The Labute approximate surface area is 134 Å². The molecule has 1 aliphatic rings. The maximum absolute atomic E-state index is 12.4. The zero-order valence-corrected chi connectivity index (χ0v) is 14.6. The number of hydrogen-bond acceptors (Lipinski definition) is 3. The Morgan fingerprint density at radius 2 is 2.00 bits per heavy atom. The van der Waals surface area contributed by atoms with Crippen molar-refractivity contribution in [2.45, 2.75) is 59.3 Å². The molecule has 0 spiro atoms. The van der Waals surface area contributed by atoms with Gasteiger partial charge < -0.3 is 9.64 Å². The Kier molecular flexibility index (Phi) is 8.21. The first-order valence-corrected chi connectivity index (χ1v) is 8.47. The summed E-state index contributed by atoms with van der Waals surface area (Å²) in [6.07, 6.45) is 8.62. The molecule has 22 heavy (non-hydrogen) atoms. The van der Waals surface area contributed by atoms with Gasteiger partial charge in [0.2, 0.25) is 5.91 Å². The fraction of sp³-hybridized carbons (Fsp3) is 0.778. The lowest BCUT2D eigenvalue weighted by Gasteiger charge is -2.27. The molecule has 126 valence electrons. The van der Waals surface area contributed by atoms with E-state index in [1.54, 1.807) is 0 Å². The first kappa shape index (κ1) is 18.7. The van der Waals surface area contributed by atoms with Crippen LogP contribution in [-0.2, 0) is 14.3 Å². The Morgan fingerprint density at radius 3 is 2.55 bits per heavy atom. The van der Waals surface area contributed by atoms with Gasteiger partial charge in [-0.25, -0.2) is 0 Å². The molecule has 0 saturated carbocycles. The molecule has 0 radical (unpaired) electrons. The number of carbonyl (C=O) groups excluding carboxylic acids is 2. The van der Waals surface area contributed by atoms with Gasteiger partial charge in [0.25, 0.3) is 0 Å². The molecule has 0 bridgehead atoms. The largest absolute Gasteiger partial charge is 0.469 e. The highest BCUT2D eigenvalue weighted by Gasteiger charge is 2.22. The summed E-state index contributed by atoms with van der Waals surface area (Å²) in [4.78, 5) is 25.9. The highest BCUT2D eigenvalue weighted by Crippen LogP contribution is 2.21. The van der Waals surface area contributed by atoms with Crippen molar-refractivity contribution in [2.75, 3.05) is 20.2 Å². The summed E-state index contributed by atoms with van der Waals surface area (Å²) >= 11 is 0. The van der Waals surface area contributed by atoms with E-state index in [0.29, 0.717) is 25.4 Å². The third-order valence-corrected chi connectivity index (χ3v) is 4.12. The summed E-state index contributed by atoms with van der Waals surface area (Å²) in [6.45, 7) is 7.07. The van der Waals surface area contributed by atoms with Crippen molar-refractivity contribution in [3.05, 3.63) is 11.6 Å². The summed E-state index contributed by atoms with van der Waals surface area (Å²) in [5.74, 6) is -0.0554. The average Bonchev–Trinajstić information content (AvgIpc) is 2.50. The molecule has 4 heteroatoms. The normalized spacial score (nSPS) is 16.1. The minimum Gasteiger partial charge on any atom is -0.469 e. The molecule has 0 saturated heterocycles. The van der Waals surface area contributed by atoms with E-state index in [4.69, 9.17) is 4.74 Å². The van der Waals surface area contributed by atoms with Crippen LogP contribution in [0, 0.1) is 11.8 Å². The Balaban J connectivity index is 2.62. The molecular formula is C18H31NO3. The van der Waals surface area contributed by atoms with Gasteiger partial charge in [-0.1, -0.05) is 32.4 Å². The molecule has 0 aromatic rings. The predicted molar refractivity (Wildman–Crippen MR) is 88.4 cm³/mol. The third kappa shape index (κ3) is 6.63. The Bertz CT molecular complexity index is 401. The maximum atomic E-state index is 12.4. The summed E-state index contributed by atoms with van der Waals surface area (Å²) in [6, 6.07) is 0. The maximum Gasteiger partial charge on any atom is 0.310 e. The highest BCUT2D eigenvalue weighted by atomic mass is 16.5. The highest BCUT2D eigenvalue weighted by molar-refractivity contribution is 5.78. The SMILES string of the molecule is COC(=O)C(C)CN(CCC1=CCCCC1)C(=O)CC(C)C. The van der Waals surface area contributed by atoms with Gasteiger partial charge in [0.15, 0.2) is 0 Å². The van der Waals surface area contributed by atoms with E-state index in [1.807, 2.05) is 25.7 Å². The number of allylic oxidation sites excluding steroid dienone is 1. The van der Waals surface area contributed by atoms with Gasteiger partial charge >= 0.3 is 5.97 Å². The van der Waals surface area contributed by atoms with Gasteiger partial charge in [-0.05, 0) is 38.0 Å². The summed E-state index contributed by atoms with van der Waals surface area (Å²) in [5.41, 5.74) is 1.46. The van der Waals surface area contributed by atoms with E-state index in [-0.39, 0.29) is 17.8 Å². The van der Waals surface area contributed by atoms with Crippen molar-refractivity contribution in [3.8, 4) is 0 Å². The summed E-state index contributed by atoms with van der Waals surface area (Å²) < 4.78 is 4.78. The minimum atomic E-state index is -0.276. The fourth-order valence-corrected chi connectivity index (χ4v) is 2.81. The molecule has 1 rings (SSSR count). The number of carbonyl (C=O) groups is 2. The van der Waals surface area contributed by atoms with E-state index in [1.165, 1.54) is 25.5 Å². The van der Waals surface area contributed by atoms with E-state index >= 15 is 0 Å². The summed E-state index contributed by atoms with van der Waals surface area (Å²) in [7, 11) is 1.39. The minimum absolute atomic E-state index is 0.141. The first-order valence-electron chi connectivity index (χ1n) is 8.47. The molecule has 0 aromatic heterocycles. The van der Waals surface area contributed by atoms with E-state index < -0.39 is 0 Å². The second-order valence-electron chi connectivity index (χ2n) is 6.72. The van der Waals surface area contributed by atoms with Crippen molar-refractivity contribution in [1.82, 2.24) is 4.90 Å². The van der Waals surface area contributed by atoms with E-state index in [0.717, 1.165) is 19.3 Å². The first-order chi connectivity index (χ1) is 10.4. The second kappa shape index (κ2) is 9.65. The van der Waals surface area contributed by atoms with Gasteiger partial charge in [-0.3, -0.25) is 9.59 Å². The molecule has 1 aliphatic carbocycles. The Hall–Kier alpha value is -1.32. The number of hydrogen-bond donors (Lipinski definition) is 0. The molecule has 0 fully saturated rings. The lowest BCUT2D eigenvalue weighted by molar-refractivity contribution is -0.146. The van der Waals surface area contributed by atoms with Gasteiger partial charge in [0.05, 0.1) is 13.0 Å². The lowest BCUT2D eigenvalue weighted by Crippen LogP contribution is -2.38. The van der Waals surface area contributed by atoms with Gasteiger partial charge in [-0.15, -0.1) is 0 Å². The molecule has 1 amide bonds. The number of esters is 1. The van der Waals surface area contributed by atoms with Crippen LogP contribution in [0.1, 0.15) is 59.3 Å². The third-order valence-electron chi connectivity index (χ3n) is 4.12. The molecule has 0 aromatic carbocycles. The quantitative estimate of drug-likeness (QED) is 0.509. The number of ether oxygens (including phenoxy) is 1. The number of methoxy groups -OCH3 is 1. The number of nitrogens with zero attached hydrogens (tertiary/aromatic N) is 1. The van der Waals surface area contributed by atoms with Crippen molar-refractivity contribution < 1.29 is 14.3 Å². The predicted octanol–water partition coefficient (Wildman–Crippen LogP) is 3.56.